The number of carboxylic acid groups (broad SMARTS) is 1. The van der Waals surface area contributed by atoms with Gasteiger partial charge < -0.3 is 36.5 Å². The molecule has 8 N–H and O–H groups in total. The van der Waals surface area contributed by atoms with E-state index in [-0.39, 0.29) is 30.3 Å². The second kappa shape index (κ2) is 19.0. The fourth-order valence-corrected chi connectivity index (χ4v) is 8.97. The van der Waals surface area contributed by atoms with E-state index in [4.69, 9.17) is 5.73 Å². The number of nitrogens with one attached hydrogen (secondary N) is 2. The van der Waals surface area contributed by atoms with Crippen LogP contribution in [0.2, 0.25) is 0 Å². The molecule has 1 saturated carbocycles. The zero-order valence-corrected chi connectivity index (χ0v) is 30.7. The van der Waals surface area contributed by atoms with E-state index in [0.29, 0.717) is 50.4 Å². The highest BCUT2D eigenvalue weighted by atomic mass is 16.4. The van der Waals surface area contributed by atoms with Crippen molar-refractivity contribution in [3.8, 4) is 11.1 Å². The third kappa shape index (κ3) is 11.3. The molecule has 2 aliphatic carbocycles. The van der Waals surface area contributed by atoms with E-state index in [0.717, 1.165) is 61.8 Å². The molecule has 3 aliphatic rings. The summed E-state index contributed by atoms with van der Waals surface area (Å²) in [6, 6.07) is 12.4. The van der Waals surface area contributed by atoms with Crippen LogP contribution in [0.5, 0.6) is 0 Å². The summed E-state index contributed by atoms with van der Waals surface area (Å²) >= 11 is 0. The van der Waals surface area contributed by atoms with Crippen LogP contribution < -0.4 is 11.1 Å². The summed E-state index contributed by atoms with van der Waals surface area (Å²) in [5.41, 5.74) is 9.52. The van der Waals surface area contributed by atoms with Crippen molar-refractivity contribution in [2.45, 2.75) is 127 Å². The second-order valence-electron chi connectivity index (χ2n) is 15.9. The van der Waals surface area contributed by atoms with Crippen LogP contribution >= 0.6 is 0 Å². The number of hydrogen-bond donors (Lipinski definition) is 7. The van der Waals surface area contributed by atoms with Crippen molar-refractivity contribution in [1.29, 1.82) is 0 Å². The minimum atomic E-state index is -1.02. The van der Waals surface area contributed by atoms with Crippen LogP contribution in [0.4, 0.5) is 0 Å². The Morgan fingerprint density at radius 3 is 2.55 bits per heavy atom. The summed E-state index contributed by atoms with van der Waals surface area (Å²) in [5.74, 6) is -0.292. The average Bonchev–Trinajstić information content (AvgIpc) is 3.70. The normalized spacial score (nSPS) is 27.4. The molecule has 5 rings (SSSR count). The van der Waals surface area contributed by atoms with Crippen LogP contribution in [-0.2, 0) is 11.2 Å². The average molecular weight is 702 g/mol. The van der Waals surface area contributed by atoms with Crippen molar-refractivity contribution >= 4 is 5.97 Å². The van der Waals surface area contributed by atoms with Crippen LogP contribution in [-0.4, -0.2) is 55.7 Å². The summed E-state index contributed by atoms with van der Waals surface area (Å²) in [6.45, 7) is 2.91. The fourth-order valence-electron chi connectivity index (χ4n) is 8.97. The fraction of sp³-hybridized carbons (Fsp3) is 0.605. The molecule has 280 valence electrons. The third-order valence-electron chi connectivity index (χ3n) is 11.9. The number of aliphatic hydroxyl groups excluding tert-OH is 2. The predicted molar refractivity (Wildman–Crippen MR) is 204 cm³/mol. The number of aliphatic hydroxyl groups is 3. The van der Waals surface area contributed by atoms with Gasteiger partial charge in [0.2, 0.25) is 0 Å². The summed E-state index contributed by atoms with van der Waals surface area (Å²) in [5, 5.41) is 47.4. The Morgan fingerprint density at radius 1 is 1.00 bits per heavy atom. The summed E-state index contributed by atoms with van der Waals surface area (Å²) < 4.78 is 0. The van der Waals surface area contributed by atoms with Crippen LogP contribution in [0.25, 0.3) is 11.1 Å². The standard InChI is InChI=1S/C43H63N3O5/c1-2-3-6-11-30-16-17-34(40(48)24-30)14-9-5-10-15-38(42(49)50)39(47)18-20-43(51)28-32(22-31-19-21-45-41(44)25-31)23-36(43)27-37-26-35(29-46-37)33-12-7-4-8-13-33/h4,7-8,12-13,16-17,19,25-26,29-30,32,34,36,38-40,45-48,51H,2-3,5-6,9-11,14-15,18,20-24,27-28,44H2,1H3,(H,49,50)/t30-,32-,34-,36+,38+,39-,40-,43+/m1/s1. The number of aliphatic carboxylic acids is 1. The van der Waals surface area contributed by atoms with Crippen molar-refractivity contribution in [2.24, 2.45) is 35.3 Å². The Labute approximate surface area is 305 Å². The van der Waals surface area contributed by atoms with E-state index in [1.54, 1.807) is 0 Å². The van der Waals surface area contributed by atoms with Crippen LogP contribution in [0.15, 0.2) is 78.3 Å². The van der Waals surface area contributed by atoms with Crippen LogP contribution in [0, 0.1) is 29.6 Å². The minimum Gasteiger partial charge on any atom is -0.481 e. The van der Waals surface area contributed by atoms with Crippen LogP contribution in [0.3, 0.4) is 0 Å². The highest BCUT2D eigenvalue weighted by molar-refractivity contribution is 5.70. The van der Waals surface area contributed by atoms with Crippen molar-refractivity contribution in [3.05, 3.63) is 84.0 Å². The molecule has 51 heavy (non-hydrogen) atoms. The molecular formula is C43H63N3O5. The lowest BCUT2D eigenvalue weighted by atomic mass is 9.80. The molecule has 2 aromatic rings. The Morgan fingerprint density at radius 2 is 1.80 bits per heavy atom. The number of rotatable bonds is 20. The van der Waals surface area contributed by atoms with Gasteiger partial charge in [-0.05, 0) is 111 Å². The maximum absolute atomic E-state index is 12.3. The maximum atomic E-state index is 12.3. The summed E-state index contributed by atoms with van der Waals surface area (Å²) in [4.78, 5) is 15.8. The number of unbranched alkanes of at least 4 members (excludes halogenated alkanes) is 4. The van der Waals surface area contributed by atoms with Crippen molar-refractivity contribution in [1.82, 2.24) is 10.3 Å². The minimum absolute atomic E-state index is 0.0281. The van der Waals surface area contributed by atoms with E-state index in [1.165, 1.54) is 24.8 Å². The number of benzene rings is 1. The topological polar surface area (TPSA) is 152 Å². The summed E-state index contributed by atoms with van der Waals surface area (Å²) in [7, 11) is 0. The van der Waals surface area contributed by atoms with Crippen molar-refractivity contribution < 1.29 is 25.2 Å². The lowest BCUT2D eigenvalue weighted by Crippen LogP contribution is -2.37. The molecule has 0 amide bonds. The number of aromatic nitrogens is 1. The molecule has 0 unspecified atom stereocenters. The van der Waals surface area contributed by atoms with Gasteiger partial charge in [-0.15, -0.1) is 0 Å². The maximum Gasteiger partial charge on any atom is 0.309 e. The Hall–Kier alpha value is -3.33. The monoisotopic (exact) mass is 701 g/mol. The molecule has 1 aromatic heterocycles. The lowest BCUT2D eigenvalue weighted by Gasteiger charge is -2.32. The van der Waals surface area contributed by atoms with Gasteiger partial charge in [-0.25, -0.2) is 0 Å². The number of carbonyl (C=O) groups is 1. The van der Waals surface area contributed by atoms with Crippen molar-refractivity contribution in [2.75, 3.05) is 6.54 Å². The molecule has 8 nitrogen and oxygen atoms in total. The molecule has 2 heterocycles. The van der Waals surface area contributed by atoms with E-state index in [1.807, 2.05) is 30.5 Å². The molecule has 0 spiro atoms. The molecule has 0 radical (unpaired) electrons. The quantitative estimate of drug-likeness (QED) is 0.0554. The Bertz CT molecular complexity index is 1470. The lowest BCUT2D eigenvalue weighted by molar-refractivity contribution is -0.146. The third-order valence-corrected chi connectivity index (χ3v) is 11.9. The van der Waals surface area contributed by atoms with Gasteiger partial charge in [0.05, 0.1) is 29.5 Å². The first-order chi connectivity index (χ1) is 24.6. The smallest absolute Gasteiger partial charge is 0.309 e. The zero-order chi connectivity index (χ0) is 36.2. The number of dihydropyridines is 1. The SMILES string of the molecule is CCCCC[C@@H]1C=C[C@@H](CCCCC[C@H](C(=O)O)[C@H](O)CC[C@]2(O)C[C@H](CC3=CCNC(N)=C3)C[C@H]2Cc2cc(-c3ccccc3)c[nH]2)[C@H](O)C1. The Kier molecular flexibility index (Phi) is 14.5. The van der Waals surface area contributed by atoms with Gasteiger partial charge in [0, 0.05) is 24.4 Å². The number of hydrogen-bond acceptors (Lipinski definition) is 6. The van der Waals surface area contributed by atoms with Gasteiger partial charge in [0.25, 0.3) is 0 Å². The van der Waals surface area contributed by atoms with Gasteiger partial charge >= 0.3 is 5.97 Å². The highest BCUT2D eigenvalue weighted by Gasteiger charge is 2.46. The van der Waals surface area contributed by atoms with Gasteiger partial charge in [-0.1, -0.05) is 94.0 Å². The number of nitrogens with two attached hydrogens (primary N) is 1. The number of aromatic amines is 1. The van der Waals surface area contributed by atoms with Crippen molar-refractivity contribution in [3.63, 3.8) is 0 Å². The number of allylic oxidation sites excluding steroid dienone is 3. The van der Waals surface area contributed by atoms with Crippen LogP contribution in [0.1, 0.15) is 109 Å². The van der Waals surface area contributed by atoms with E-state index in [9.17, 15) is 25.2 Å². The second-order valence-corrected chi connectivity index (χ2v) is 15.9. The highest BCUT2D eigenvalue weighted by Crippen LogP contribution is 2.47. The summed E-state index contributed by atoms with van der Waals surface area (Å²) in [6.07, 6.45) is 22.4. The van der Waals surface area contributed by atoms with E-state index in [2.05, 4.69) is 53.7 Å². The van der Waals surface area contributed by atoms with Gasteiger partial charge in [-0.3, -0.25) is 4.79 Å². The van der Waals surface area contributed by atoms with Gasteiger partial charge in [0.1, 0.15) is 0 Å². The number of H-pyrrole nitrogens is 1. The first-order valence-corrected chi connectivity index (χ1v) is 19.8. The number of carboxylic acids is 1. The van der Waals surface area contributed by atoms with Gasteiger partial charge in [-0.2, -0.15) is 0 Å². The molecule has 1 fully saturated rings. The first kappa shape index (κ1) is 38.9. The molecule has 8 atom stereocenters. The van der Waals surface area contributed by atoms with Gasteiger partial charge in [0.15, 0.2) is 0 Å². The van der Waals surface area contributed by atoms with E-state index < -0.39 is 23.6 Å². The molecule has 1 aliphatic heterocycles. The van der Waals surface area contributed by atoms with E-state index >= 15 is 0 Å². The molecule has 8 heteroatoms. The molecule has 0 saturated heterocycles. The zero-order valence-electron chi connectivity index (χ0n) is 30.7. The largest absolute Gasteiger partial charge is 0.481 e. The first-order valence-electron chi connectivity index (χ1n) is 19.8. The Balaban J connectivity index is 1.14. The molecule has 0 bridgehead atoms. The molecular weight excluding hydrogens is 638 g/mol. The molecule has 1 aromatic carbocycles. The predicted octanol–water partition coefficient (Wildman–Crippen LogP) is 7.63.